The van der Waals surface area contributed by atoms with Crippen molar-refractivity contribution in [3.63, 3.8) is 0 Å². The zero-order chi connectivity index (χ0) is 24.6. The number of alkyl carbamates (subject to hydrolysis) is 1. The molecule has 35 heavy (non-hydrogen) atoms. The number of amides is 1. The molecule has 1 amide bonds. The van der Waals surface area contributed by atoms with E-state index in [0.717, 1.165) is 33.6 Å². The maximum atomic E-state index is 12.4. The van der Waals surface area contributed by atoms with Gasteiger partial charge in [0.25, 0.3) is 0 Å². The predicted molar refractivity (Wildman–Crippen MR) is 135 cm³/mol. The molecular weight excluding hydrogens is 466 g/mol. The van der Waals surface area contributed by atoms with Gasteiger partial charge in [-0.1, -0.05) is 60.7 Å². The quantitative estimate of drug-likeness (QED) is 0.290. The van der Waals surface area contributed by atoms with Crippen LogP contribution in [-0.2, 0) is 20.9 Å². The van der Waals surface area contributed by atoms with Gasteiger partial charge in [-0.2, -0.15) is 0 Å². The summed E-state index contributed by atoms with van der Waals surface area (Å²) in [6, 6.07) is 22.5. The Morgan fingerprint density at radius 3 is 2.20 bits per heavy atom. The Morgan fingerprint density at radius 2 is 1.60 bits per heavy atom. The van der Waals surface area contributed by atoms with Crippen molar-refractivity contribution in [1.82, 2.24) is 5.32 Å². The summed E-state index contributed by atoms with van der Waals surface area (Å²) < 4.78 is 16.2. The summed E-state index contributed by atoms with van der Waals surface area (Å²) in [6.45, 7) is 0.527. The number of carbonyl (C=O) groups excluding carboxylic acids is 1. The van der Waals surface area contributed by atoms with E-state index in [2.05, 4.69) is 17.4 Å². The molecule has 7 nitrogen and oxygen atoms in total. The van der Waals surface area contributed by atoms with Crippen LogP contribution in [0.2, 0.25) is 0 Å². The Hall–Kier alpha value is -3.49. The van der Waals surface area contributed by atoms with Crippen molar-refractivity contribution in [2.24, 2.45) is 0 Å². The summed E-state index contributed by atoms with van der Waals surface area (Å²) in [5.41, 5.74) is 5.44. The SMILES string of the molecule is COc1ccc(COCSC[C@H](NC(=O)OCC2c3ccccc3-c3ccccc32)C(=O)O)cc1. The lowest BCUT2D eigenvalue weighted by molar-refractivity contribution is -0.138. The molecule has 2 N–H and O–H groups in total. The van der Waals surface area contributed by atoms with Crippen molar-refractivity contribution < 1.29 is 28.9 Å². The fraction of sp³-hybridized carbons (Fsp3) is 0.259. The number of fused-ring (bicyclic) bond motifs is 3. The summed E-state index contributed by atoms with van der Waals surface area (Å²) in [6.07, 6.45) is -0.751. The molecule has 1 atom stereocenters. The van der Waals surface area contributed by atoms with Crippen molar-refractivity contribution in [1.29, 1.82) is 0 Å². The molecule has 4 rings (SSSR count). The van der Waals surface area contributed by atoms with E-state index in [0.29, 0.717) is 12.5 Å². The highest BCUT2D eigenvalue weighted by Crippen LogP contribution is 2.44. The van der Waals surface area contributed by atoms with Crippen LogP contribution in [0, 0.1) is 0 Å². The van der Waals surface area contributed by atoms with Gasteiger partial charge in [-0.3, -0.25) is 0 Å². The molecule has 0 spiro atoms. The number of ether oxygens (including phenoxy) is 3. The third-order valence-electron chi connectivity index (χ3n) is 5.81. The molecule has 3 aromatic rings. The number of hydrogen-bond acceptors (Lipinski definition) is 6. The number of rotatable bonds is 11. The van der Waals surface area contributed by atoms with Crippen LogP contribution >= 0.6 is 11.8 Å². The van der Waals surface area contributed by atoms with E-state index >= 15 is 0 Å². The molecule has 0 saturated carbocycles. The fourth-order valence-electron chi connectivity index (χ4n) is 4.06. The molecule has 0 unspecified atom stereocenters. The van der Waals surface area contributed by atoms with E-state index < -0.39 is 18.1 Å². The number of carboxylic acids is 1. The van der Waals surface area contributed by atoms with Crippen molar-refractivity contribution in [3.05, 3.63) is 89.5 Å². The smallest absolute Gasteiger partial charge is 0.407 e. The number of carbonyl (C=O) groups is 2. The van der Waals surface area contributed by atoms with E-state index in [9.17, 15) is 14.7 Å². The first-order valence-electron chi connectivity index (χ1n) is 11.2. The molecule has 0 radical (unpaired) electrons. The van der Waals surface area contributed by atoms with Gasteiger partial charge in [0.05, 0.1) is 19.7 Å². The van der Waals surface area contributed by atoms with Gasteiger partial charge in [0.1, 0.15) is 18.4 Å². The normalized spacial score (nSPS) is 12.9. The lowest BCUT2D eigenvalue weighted by Gasteiger charge is -2.17. The first-order chi connectivity index (χ1) is 17.1. The van der Waals surface area contributed by atoms with E-state index in [4.69, 9.17) is 14.2 Å². The lowest BCUT2D eigenvalue weighted by Crippen LogP contribution is -2.43. The molecule has 8 heteroatoms. The van der Waals surface area contributed by atoms with Gasteiger partial charge in [0.2, 0.25) is 0 Å². The highest BCUT2D eigenvalue weighted by Gasteiger charge is 2.29. The summed E-state index contributed by atoms with van der Waals surface area (Å²) in [4.78, 5) is 24.0. The van der Waals surface area contributed by atoms with Crippen molar-refractivity contribution >= 4 is 23.8 Å². The third-order valence-corrected chi connectivity index (χ3v) is 6.72. The second-order valence-electron chi connectivity index (χ2n) is 8.05. The summed E-state index contributed by atoms with van der Waals surface area (Å²) in [7, 11) is 1.61. The molecule has 0 heterocycles. The van der Waals surface area contributed by atoms with Crippen LogP contribution in [0.1, 0.15) is 22.6 Å². The van der Waals surface area contributed by atoms with E-state index in [1.165, 1.54) is 11.8 Å². The standard InChI is InChI=1S/C27H27NO6S/c1-32-19-12-10-18(11-13-19)14-33-17-35-16-25(26(29)30)28-27(31)34-15-24-22-8-4-2-6-20(22)21-7-3-5-9-23(21)24/h2-13,24-25H,14-17H2,1H3,(H,28,31)(H,29,30)/t25-/m0/s1. The van der Waals surface area contributed by atoms with E-state index in [1.54, 1.807) is 7.11 Å². The predicted octanol–water partition coefficient (Wildman–Crippen LogP) is 4.89. The Kier molecular flexibility index (Phi) is 8.28. The van der Waals surface area contributed by atoms with E-state index in [1.807, 2.05) is 60.7 Å². The number of benzene rings is 3. The van der Waals surface area contributed by atoms with Crippen LogP contribution < -0.4 is 10.1 Å². The average Bonchev–Trinajstić information content (AvgIpc) is 3.20. The minimum Gasteiger partial charge on any atom is -0.497 e. The zero-order valence-electron chi connectivity index (χ0n) is 19.3. The highest BCUT2D eigenvalue weighted by atomic mass is 32.2. The van der Waals surface area contributed by atoms with Crippen LogP contribution in [-0.4, -0.2) is 48.6 Å². The molecule has 0 aromatic heterocycles. The van der Waals surface area contributed by atoms with Crippen LogP contribution in [0.3, 0.4) is 0 Å². The first-order valence-corrected chi connectivity index (χ1v) is 12.3. The number of carboxylic acid groups (broad SMARTS) is 1. The zero-order valence-corrected chi connectivity index (χ0v) is 20.1. The second-order valence-corrected chi connectivity index (χ2v) is 9.02. The molecule has 0 aliphatic heterocycles. The fourth-order valence-corrected chi connectivity index (χ4v) is 4.82. The Labute approximate surface area is 208 Å². The largest absolute Gasteiger partial charge is 0.497 e. The first kappa shape index (κ1) is 24.6. The molecule has 182 valence electrons. The van der Waals surface area contributed by atoms with Crippen molar-refractivity contribution in [2.75, 3.05) is 25.4 Å². The second kappa shape index (κ2) is 11.8. The average molecular weight is 494 g/mol. The maximum Gasteiger partial charge on any atom is 0.407 e. The highest BCUT2D eigenvalue weighted by molar-refractivity contribution is 7.99. The van der Waals surface area contributed by atoms with Gasteiger partial charge in [-0.25, -0.2) is 9.59 Å². The molecule has 3 aromatic carbocycles. The van der Waals surface area contributed by atoms with Gasteiger partial charge in [0.15, 0.2) is 0 Å². The topological polar surface area (TPSA) is 94.1 Å². The Balaban J connectivity index is 1.23. The Bertz CT molecular complexity index is 1120. The minimum atomic E-state index is -1.12. The summed E-state index contributed by atoms with van der Waals surface area (Å²) >= 11 is 1.29. The summed E-state index contributed by atoms with van der Waals surface area (Å²) in [5, 5.41) is 12.0. The minimum absolute atomic E-state index is 0.0860. The van der Waals surface area contributed by atoms with Gasteiger partial charge in [0, 0.05) is 11.7 Å². The molecule has 0 fully saturated rings. The lowest BCUT2D eigenvalue weighted by atomic mass is 9.98. The van der Waals surface area contributed by atoms with Gasteiger partial charge < -0.3 is 24.6 Å². The molecule has 1 aliphatic carbocycles. The molecular formula is C27H27NO6S. The van der Waals surface area contributed by atoms with Crippen LogP contribution in [0.15, 0.2) is 72.8 Å². The van der Waals surface area contributed by atoms with Crippen LogP contribution in [0.4, 0.5) is 4.79 Å². The number of hydrogen-bond donors (Lipinski definition) is 2. The van der Waals surface area contributed by atoms with Gasteiger partial charge >= 0.3 is 12.1 Å². The summed E-state index contributed by atoms with van der Waals surface area (Å²) in [5.74, 6) is 0.00897. The number of thioether (sulfide) groups is 1. The van der Waals surface area contributed by atoms with Crippen LogP contribution in [0.5, 0.6) is 5.75 Å². The number of aliphatic carboxylic acids is 1. The number of nitrogens with one attached hydrogen (secondary N) is 1. The molecule has 0 bridgehead atoms. The van der Waals surface area contributed by atoms with E-state index in [-0.39, 0.29) is 18.3 Å². The van der Waals surface area contributed by atoms with Crippen molar-refractivity contribution in [3.8, 4) is 16.9 Å². The number of methoxy groups -OCH3 is 1. The Morgan fingerprint density at radius 1 is 0.971 bits per heavy atom. The van der Waals surface area contributed by atoms with Gasteiger partial charge in [-0.15, -0.1) is 11.8 Å². The van der Waals surface area contributed by atoms with Crippen LogP contribution in [0.25, 0.3) is 11.1 Å². The van der Waals surface area contributed by atoms with Gasteiger partial charge in [-0.05, 0) is 39.9 Å². The maximum absolute atomic E-state index is 12.4. The van der Waals surface area contributed by atoms with Crippen molar-refractivity contribution in [2.45, 2.75) is 18.6 Å². The molecule has 0 saturated heterocycles. The third kappa shape index (κ3) is 6.15. The molecule has 1 aliphatic rings. The monoisotopic (exact) mass is 493 g/mol.